The van der Waals surface area contributed by atoms with Crippen molar-refractivity contribution in [1.29, 1.82) is 0 Å². The minimum absolute atomic E-state index is 0.201. The molecule has 0 aliphatic carbocycles. The quantitative estimate of drug-likeness (QED) is 0.555. The maximum absolute atomic E-state index is 11.9. The smallest absolute Gasteiger partial charge is 0.409 e. The van der Waals surface area contributed by atoms with E-state index in [1.54, 1.807) is 0 Å². The predicted molar refractivity (Wildman–Crippen MR) is 83.8 cm³/mol. The molecule has 0 aliphatic rings. The maximum Gasteiger partial charge on any atom is 0.409 e. The zero-order valence-electron chi connectivity index (χ0n) is 12.9. The molecule has 2 atom stereocenters. The molecule has 1 rings (SSSR count). The van der Waals surface area contributed by atoms with Crippen LogP contribution < -0.4 is 5.32 Å². The van der Waals surface area contributed by atoms with Gasteiger partial charge in [0.15, 0.2) is 0 Å². The van der Waals surface area contributed by atoms with Crippen LogP contribution in [0.1, 0.15) is 32.3 Å². The molecule has 0 radical (unpaired) electrons. The van der Waals surface area contributed by atoms with E-state index in [2.05, 4.69) is 18.8 Å². The molecule has 2 unspecified atom stereocenters. The number of carbonyl (C=O) groups excluding carboxylic acids is 1. The molecule has 0 aromatic heterocycles. The van der Waals surface area contributed by atoms with Gasteiger partial charge in [-0.25, -0.2) is 4.79 Å². The summed E-state index contributed by atoms with van der Waals surface area (Å²) in [5, 5.41) is 2.79. The minimum Gasteiger partial charge on any atom is -0.445 e. The van der Waals surface area contributed by atoms with Gasteiger partial charge in [-0.1, -0.05) is 43.3 Å². The van der Waals surface area contributed by atoms with Crippen molar-refractivity contribution >= 4 is 6.09 Å². The second kappa shape index (κ2) is 10.00. The third-order valence-electron chi connectivity index (χ3n) is 3.24. The van der Waals surface area contributed by atoms with Gasteiger partial charge in [0, 0.05) is 12.5 Å². The lowest BCUT2D eigenvalue weighted by Crippen LogP contribution is -2.42. The normalized spacial score (nSPS) is 13.2. The van der Waals surface area contributed by atoms with E-state index in [-0.39, 0.29) is 18.8 Å². The van der Waals surface area contributed by atoms with Gasteiger partial charge < -0.3 is 9.47 Å². The molecule has 0 saturated heterocycles. The van der Waals surface area contributed by atoms with Gasteiger partial charge in [0.05, 0.1) is 0 Å². The summed E-state index contributed by atoms with van der Waals surface area (Å²) >= 11 is 0. The van der Waals surface area contributed by atoms with Crippen LogP contribution in [0.2, 0.25) is 0 Å². The summed E-state index contributed by atoms with van der Waals surface area (Å²) in [6, 6.07) is 9.59. The first kappa shape index (κ1) is 17.2. The van der Waals surface area contributed by atoms with Gasteiger partial charge in [0.2, 0.25) is 0 Å². The highest BCUT2D eigenvalue weighted by atomic mass is 16.6. The number of alkyl carbamates (subject to hydrolysis) is 1. The van der Waals surface area contributed by atoms with E-state index >= 15 is 0 Å². The van der Waals surface area contributed by atoms with Crippen LogP contribution >= 0.6 is 0 Å². The fourth-order valence-electron chi connectivity index (χ4n) is 2.07. The number of hydrogen-bond donors (Lipinski definition) is 1. The van der Waals surface area contributed by atoms with E-state index in [0.29, 0.717) is 6.61 Å². The van der Waals surface area contributed by atoms with E-state index in [1.807, 2.05) is 43.3 Å². The van der Waals surface area contributed by atoms with Crippen LogP contribution in [0.4, 0.5) is 4.79 Å². The average Bonchev–Trinajstić information content (AvgIpc) is 2.51. The number of hydrogen-bond acceptors (Lipinski definition) is 3. The molecule has 0 heterocycles. The van der Waals surface area contributed by atoms with Crippen LogP contribution in [-0.2, 0) is 16.1 Å². The lowest BCUT2D eigenvalue weighted by molar-refractivity contribution is -0.00573. The summed E-state index contributed by atoms with van der Waals surface area (Å²) in [7, 11) is 0. The van der Waals surface area contributed by atoms with E-state index in [4.69, 9.17) is 9.47 Å². The molecule has 0 fully saturated rings. The Labute approximate surface area is 127 Å². The molecule has 21 heavy (non-hydrogen) atoms. The van der Waals surface area contributed by atoms with Crippen LogP contribution in [0, 0.1) is 5.92 Å². The van der Waals surface area contributed by atoms with Gasteiger partial charge in [0.1, 0.15) is 12.8 Å². The van der Waals surface area contributed by atoms with Crippen molar-refractivity contribution < 1.29 is 14.3 Å². The number of nitrogens with one attached hydrogen (secondary N) is 1. The number of benzene rings is 1. The van der Waals surface area contributed by atoms with Crippen molar-refractivity contribution in [3.8, 4) is 0 Å². The average molecular weight is 291 g/mol. The van der Waals surface area contributed by atoms with E-state index in [9.17, 15) is 4.79 Å². The van der Waals surface area contributed by atoms with E-state index in [0.717, 1.165) is 18.4 Å². The number of amides is 1. The Morgan fingerprint density at radius 3 is 2.62 bits per heavy atom. The first-order valence-corrected chi connectivity index (χ1v) is 7.40. The number of rotatable bonds is 9. The standard InChI is InChI=1S/C17H25NO3/c1-4-10-15(5-2)16(20-6-3)18-17(19)21-13-14-11-8-7-9-12-14/h4,7-9,11-12,15-16H,1,5-6,10,13H2,2-3H3,(H,18,19). The lowest BCUT2D eigenvalue weighted by Gasteiger charge is -2.25. The summed E-state index contributed by atoms with van der Waals surface area (Å²) in [5.74, 6) is 0.201. The van der Waals surface area contributed by atoms with Gasteiger partial charge in [0.25, 0.3) is 0 Å². The van der Waals surface area contributed by atoms with Crippen molar-refractivity contribution in [3.63, 3.8) is 0 Å². The highest BCUT2D eigenvalue weighted by Crippen LogP contribution is 2.15. The molecular formula is C17H25NO3. The SMILES string of the molecule is C=CCC(CC)C(NC(=O)OCc1ccccc1)OCC. The Bertz CT molecular complexity index is 419. The zero-order valence-corrected chi connectivity index (χ0v) is 12.9. The van der Waals surface area contributed by atoms with Crippen molar-refractivity contribution in [1.82, 2.24) is 5.32 Å². The van der Waals surface area contributed by atoms with E-state index in [1.165, 1.54) is 0 Å². The first-order chi connectivity index (χ1) is 10.2. The van der Waals surface area contributed by atoms with E-state index < -0.39 is 6.09 Å². The fraction of sp³-hybridized carbons (Fsp3) is 0.471. The van der Waals surface area contributed by atoms with Crippen molar-refractivity contribution in [2.75, 3.05) is 6.61 Å². The highest BCUT2D eigenvalue weighted by Gasteiger charge is 2.21. The Hall–Kier alpha value is -1.81. The predicted octanol–water partition coefficient (Wildman–Crippen LogP) is 3.88. The summed E-state index contributed by atoms with van der Waals surface area (Å²) in [6.07, 6.45) is 2.73. The molecule has 1 N–H and O–H groups in total. The molecule has 0 bridgehead atoms. The Balaban J connectivity index is 2.49. The summed E-state index contributed by atoms with van der Waals surface area (Å²) in [4.78, 5) is 11.9. The molecule has 0 spiro atoms. The van der Waals surface area contributed by atoms with Gasteiger partial charge in [-0.15, -0.1) is 6.58 Å². The van der Waals surface area contributed by atoms with Crippen LogP contribution in [0.15, 0.2) is 43.0 Å². The van der Waals surface area contributed by atoms with Crippen molar-refractivity contribution in [2.45, 2.75) is 39.5 Å². The largest absolute Gasteiger partial charge is 0.445 e. The van der Waals surface area contributed by atoms with Gasteiger partial charge in [-0.05, 0) is 25.3 Å². The molecule has 4 heteroatoms. The first-order valence-electron chi connectivity index (χ1n) is 7.40. The van der Waals surface area contributed by atoms with Crippen LogP contribution in [0.3, 0.4) is 0 Å². The summed E-state index contributed by atoms with van der Waals surface area (Å²) < 4.78 is 10.8. The Morgan fingerprint density at radius 1 is 1.33 bits per heavy atom. The Morgan fingerprint density at radius 2 is 2.05 bits per heavy atom. The van der Waals surface area contributed by atoms with Gasteiger partial charge in [-0.3, -0.25) is 5.32 Å². The van der Waals surface area contributed by atoms with Crippen LogP contribution in [0.5, 0.6) is 0 Å². The maximum atomic E-state index is 11.9. The highest BCUT2D eigenvalue weighted by molar-refractivity contribution is 5.67. The fourth-order valence-corrected chi connectivity index (χ4v) is 2.07. The molecule has 1 amide bonds. The molecule has 116 valence electrons. The molecular weight excluding hydrogens is 266 g/mol. The number of carbonyl (C=O) groups is 1. The van der Waals surface area contributed by atoms with Gasteiger partial charge >= 0.3 is 6.09 Å². The van der Waals surface area contributed by atoms with Crippen LogP contribution in [0.25, 0.3) is 0 Å². The third-order valence-corrected chi connectivity index (χ3v) is 3.24. The van der Waals surface area contributed by atoms with Crippen LogP contribution in [-0.4, -0.2) is 18.9 Å². The van der Waals surface area contributed by atoms with Crippen molar-refractivity contribution in [3.05, 3.63) is 48.6 Å². The second-order valence-electron chi connectivity index (χ2n) is 4.77. The van der Waals surface area contributed by atoms with Gasteiger partial charge in [-0.2, -0.15) is 0 Å². The molecule has 1 aromatic carbocycles. The summed E-state index contributed by atoms with van der Waals surface area (Å²) in [5.41, 5.74) is 0.957. The number of ether oxygens (including phenoxy) is 2. The monoisotopic (exact) mass is 291 g/mol. The van der Waals surface area contributed by atoms with Crippen molar-refractivity contribution in [2.24, 2.45) is 5.92 Å². The minimum atomic E-state index is -0.459. The lowest BCUT2D eigenvalue weighted by atomic mass is 10.0. The molecule has 0 aliphatic heterocycles. The third kappa shape index (κ3) is 6.45. The zero-order chi connectivity index (χ0) is 15.5. The summed E-state index contributed by atoms with van der Waals surface area (Å²) in [6.45, 7) is 8.51. The molecule has 0 saturated carbocycles. The Kier molecular flexibility index (Phi) is 8.21. The number of allylic oxidation sites excluding steroid dienone is 1. The molecule has 1 aromatic rings. The second-order valence-corrected chi connectivity index (χ2v) is 4.77. The molecule has 4 nitrogen and oxygen atoms in total. The topological polar surface area (TPSA) is 47.6 Å².